The standard InChI is InChI=1S/C15H21N3O/c1-9-7-10(2)13(11(3)8-9)14-12(5-6-16)15(19)18(4)17-14/h7-8,17H,5-6,16H2,1-4H3. The lowest BCUT2D eigenvalue weighted by Gasteiger charge is -2.11. The molecular formula is C15H21N3O. The molecule has 3 N–H and O–H groups in total. The Labute approximate surface area is 113 Å². The molecule has 4 heteroatoms. The van der Waals surface area contributed by atoms with E-state index < -0.39 is 0 Å². The number of aryl methyl sites for hydroxylation is 4. The van der Waals surface area contributed by atoms with Gasteiger partial charge in [-0.2, -0.15) is 0 Å². The smallest absolute Gasteiger partial charge is 0.270 e. The zero-order chi connectivity index (χ0) is 14.2. The summed E-state index contributed by atoms with van der Waals surface area (Å²) in [5.74, 6) is 0. The zero-order valence-electron chi connectivity index (χ0n) is 12.0. The summed E-state index contributed by atoms with van der Waals surface area (Å²) >= 11 is 0. The van der Waals surface area contributed by atoms with Gasteiger partial charge in [0.1, 0.15) is 0 Å². The van der Waals surface area contributed by atoms with E-state index in [4.69, 9.17) is 5.73 Å². The fourth-order valence-corrected chi connectivity index (χ4v) is 2.75. The third-order valence-corrected chi connectivity index (χ3v) is 3.47. The maximum atomic E-state index is 12.1. The van der Waals surface area contributed by atoms with Gasteiger partial charge in [0.15, 0.2) is 0 Å². The molecule has 0 spiro atoms. The van der Waals surface area contributed by atoms with Crippen LogP contribution in [0.2, 0.25) is 0 Å². The number of rotatable bonds is 3. The lowest BCUT2D eigenvalue weighted by Crippen LogP contribution is -2.17. The Morgan fingerprint density at radius 1 is 1.21 bits per heavy atom. The van der Waals surface area contributed by atoms with Crippen molar-refractivity contribution in [2.75, 3.05) is 6.54 Å². The molecule has 0 radical (unpaired) electrons. The van der Waals surface area contributed by atoms with E-state index in [9.17, 15) is 4.79 Å². The van der Waals surface area contributed by atoms with Crippen molar-refractivity contribution in [3.8, 4) is 11.3 Å². The second-order valence-corrected chi connectivity index (χ2v) is 5.14. The van der Waals surface area contributed by atoms with Crippen LogP contribution in [0.25, 0.3) is 11.3 Å². The molecule has 0 aliphatic rings. The predicted octanol–water partition coefficient (Wildman–Crippen LogP) is 1.81. The molecule has 0 bridgehead atoms. The Balaban J connectivity index is 2.72. The fraction of sp³-hybridized carbons (Fsp3) is 0.400. The van der Waals surface area contributed by atoms with Crippen molar-refractivity contribution in [3.63, 3.8) is 0 Å². The molecule has 0 atom stereocenters. The fourth-order valence-electron chi connectivity index (χ4n) is 2.75. The molecule has 0 amide bonds. The number of hydrogen-bond acceptors (Lipinski definition) is 2. The van der Waals surface area contributed by atoms with Gasteiger partial charge in [0.2, 0.25) is 0 Å². The van der Waals surface area contributed by atoms with Crippen LogP contribution in [0.15, 0.2) is 16.9 Å². The van der Waals surface area contributed by atoms with Crippen molar-refractivity contribution < 1.29 is 0 Å². The number of nitrogens with one attached hydrogen (secondary N) is 1. The van der Waals surface area contributed by atoms with Gasteiger partial charge < -0.3 is 5.73 Å². The first-order chi connectivity index (χ1) is 8.95. The minimum absolute atomic E-state index is 0.0137. The number of H-pyrrole nitrogens is 1. The first-order valence-electron chi connectivity index (χ1n) is 6.52. The third kappa shape index (κ3) is 2.36. The van der Waals surface area contributed by atoms with Crippen molar-refractivity contribution in [2.45, 2.75) is 27.2 Å². The summed E-state index contributed by atoms with van der Waals surface area (Å²) in [6, 6.07) is 4.28. The molecule has 1 aromatic carbocycles. The normalized spacial score (nSPS) is 11.0. The zero-order valence-corrected chi connectivity index (χ0v) is 12.0. The highest BCUT2D eigenvalue weighted by molar-refractivity contribution is 5.70. The van der Waals surface area contributed by atoms with Crippen LogP contribution in [0.3, 0.4) is 0 Å². The van der Waals surface area contributed by atoms with E-state index in [1.54, 1.807) is 7.05 Å². The highest BCUT2D eigenvalue weighted by Crippen LogP contribution is 2.28. The van der Waals surface area contributed by atoms with Crippen LogP contribution >= 0.6 is 0 Å². The summed E-state index contributed by atoms with van der Waals surface area (Å²) < 4.78 is 1.53. The van der Waals surface area contributed by atoms with Gasteiger partial charge in [-0.15, -0.1) is 0 Å². The first-order valence-corrected chi connectivity index (χ1v) is 6.52. The molecule has 1 aromatic heterocycles. The molecule has 4 nitrogen and oxygen atoms in total. The van der Waals surface area contributed by atoms with Gasteiger partial charge in [-0.1, -0.05) is 17.7 Å². The lowest BCUT2D eigenvalue weighted by molar-refractivity contribution is 0.739. The molecule has 0 aliphatic heterocycles. The Morgan fingerprint density at radius 2 is 1.79 bits per heavy atom. The van der Waals surface area contributed by atoms with Crippen LogP contribution in [0.1, 0.15) is 22.3 Å². The van der Waals surface area contributed by atoms with Crippen LogP contribution in [0, 0.1) is 20.8 Å². The largest absolute Gasteiger partial charge is 0.330 e. The first kappa shape index (κ1) is 13.6. The minimum Gasteiger partial charge on any atom is -0.330 e. The summed E-state index contributed by atoms with van der Waals surface area (Å²) in [4.78, 5) is 12.1. The van der Waals surface area contributed by atoms with Gasteiger partial charge in [-0.3, -0.25) is 14.6 Å². The molecule has 1 heterocycles. The van der Waals surface area contributed by atoms with Gasteiger partial charge in [0, 0.05) is 18.2 Å². The van der Waals surface area contributed by atoms with E-state index in [0.29, 0.717) is 13.0 Å². The van der Waals surface area contributed by atoms with Crippen LogP contribution in [0.5, 0.6) is 0 Å². The van der Waals surface area contributed by atoms with Crippen LogP contribution in [0.4, 0.5) is 0 Å². The number of benzene rings is 1. The minimum atomic E-state index is 0.0137. The molecule has 0 saturated carbocycles. The van der Waals surface area contributed by atoms with Crippen molar-refractivity contribution in [1.29, 1.82) is 0 Å². The monoisotopic (exact) mass is 259 g/mol. The number of nitrogens with zero attached hydrogens (tertiary/aromatic N) is 1. The van der Waals surface area contributed by atoms with Gasteiger partial charge in [0.25, 0.3) is 5.56 Å². The molecule has 2 rings (SSSR count). The van der Waals surface area contributed by atoms with Crippen LogP contribution < -0.4 is 11.3 Å². The third-order valence-electron chi connectivity index (χ3n) is 3.47. The van der Waals surface area contributed by atoms with Crippen molar-refractivity contribution in [1.82, 2.24) is 9.78 Å². The van der Waals surface area contributed by atoms with Gasteiger partial charge >= 0.3 is 0 Å². The van der Waals surface area contributed by atoms with E-state index in [0.717, 1.165) is 16.8 Å². The summed E-state index contributed by atoms with van der Waals surface area (Å²) in [5, 5.41) is 3.16. The second kappa shape index (κ2) is 5.05. The van der Waals surface area contributed by atoms with Gasteiger partial charge in [-0.05, 0) is 44.9 Å². The lowest BCUT2D eigenvalue weighted by atomic mass is 9.95. The number of hydrogen-bond donors (Lipinski definition) is 2. The van der Waals surface area contributed by atoms with E-state index in [2.05, 4.69) is 38.0 Å². The summed E-state index contributed by atoms with van der Waals surface area (Å²) in [6.45, 7) is 6.71. The topological polar surface area (TPSA) is 63.8 Å². The number of nitrogens with two attached hydrogens (primary N) is 1. The molecule has 0 fully saturated rings. The molecule has 102 valence electrons. The van der Waals surface area contributed by atoms with E-state index in [1.165, 1.54) is 21.4 Å². The quantitative estimate of drug-likeness (QED) is 0.883. The van der Waals surface area contributed by atoms with Crippen molar-refractivity contribution in [2.24, 2.45) is 12.8 Å². The molecule has 0 aliphatic carbocycles. The second-order valence-electron chi connectivity index (χ2n) is 5.14. The van der Waals surface area contributed by atoms with Gasteiger partial charge in [0.05, 0.1) is 5.69 Å². The van der Waals surface area contributed by atoms with Crippen LogP contribution in [-0.4, -0.2) is 16.3 Å². The summed E-state index contributed by atoms with van der Waals surface area (Å²) in [7, 11) is 1.74. The van der Waals surface area contributed by atoms with E-state index in [-0.39, 0.29) is 5.56 Å². The molecule has 19 heavy (non-hydrogen) atoms. The van der Waals surface area contributed by atoms with Crippen molar-refractivity contribution in [3.05, 3.63) is 44.7 Å². The Hall–Kier alpha value is -1.81. The van der Waals surface area contributed by atoms with Crippen LogP contribution in [-0.2, 0) is 13.5 Å². The number of aromatic nitrogens is 2. The molecule has 2 aromatic rings. The molecule has 0 unspecified atom stereocenters. The average Bonchev–Trinajstić information content (AvgIpc) is 2.57. The number of aromatic amines is 1. The van der Waals surface area contributed by atoms with Gasteiger partial charge in [-0.25, -0.2) is 0 Å². The Kier molecular flexibility index (Phi) is 3.62. The van der Waals surface area contributed by atoms with E-state index in [1.807, 2.05) is 0 Å². The molecule has 0 saturated heterocycles. The molecular weight excluding hydrogens is 238 g/mol. The Morgan fingerprint density at radius 3 is 2.32 bits per heavy atom. The summed E-state index contributed by atoms with van der Waals surface area (Å²) in [5.41, 5.74) is 12.0. The van der Waals surface area contributed by atoms with Crippen molar-refractivity contribution >= 4 is 0 Å². The SMILES string of the molecule is Cc1cc(C)c(-c2[nH]n(C)c(=O)c2CCN)c(C)c1. The highest BCUT2D eigenvalue weighted by atomic mass is 16.1. The summed E-state index contributed by atoms with van der Waals surface area (Å²) in [6.07, 6.45) is 0.595. The maximum Gasteiger partial charge on any atom is 0.270 e. The average molecular weight is 259 g/mol. The predicted molar refractivity (Wildman–Crippen MR) is 78.4 cm³/mol. The highest BCUT2D eigenvalue weighted by Gasteiger charge is 2.17. The van der Waals surface area contributed by atoms with E-state index >= 15 is 0 Å². The Bertz CT molecular complexity index is 642. The maximum absolute atomic E-state index is 12.1.